The van der Waals surface area contributed by atoms with Gasteiger partial charge in [0.15, 0.2) is 0 Å². The number of aromatic nitrogens is 2. The molecule has 0 fully saturated rings. The highest BCUT2D eigenvalue weighted by molar-refractivity contribution is 8.13. The summed E-state index contributed by atoms with van der Waals surface area (Å²) in [6.07, 6.45) is 3.73. The maximum atomic E-state index is 11.9. The molecule has 2 aromatic rings. The number of H-pyrrole nitrogens is 1. The van der Waals surface area contributed by atoms with Crippen molar-refractivity contribution in [3.8, 4) is 0 Å². The molecule has 0 aliphatic heterocycles. The van der Waals surface area contributed by atoms with Gasteiger partial charge < -0.3 is 10.7 Å². The van der Waals surface area contributed by atoms with Crippen molar-refractivity contribution in [2.75, 3.05) is 0 Å². The van der Waals surface area contributed by atoms with Crippen LogP contribution in [0.2, 0.25) is 5.02 Å². The lowest BCUT2D eigenvalue weighted by atomic mass is 10.2. The molecule has 1 aromatic carbocycles. The molecule has 21 heavy (non-hydrogen) atoms. The number of nitrogens with zero attached hydrogens (tertiary/aromatic N) is 1. The van der Waals surface area contributed by atoms with Gasteiger partial charge in [-0.1, -0.05) is 35.5 Å². The van der Waals surface area contributed by atoms with Crippen molar-refractivity contribution >= 4 is 53.3 Å². The third-order valence-corrected chi connectivity index (χ3v) is 3.91. The second-order valence-electron chi connectivity index (χ2n) is 4.12. The van der Waals surface area contributed by atoms with E-state index in [9.17, 15) is 4.79 Å². The smallest absolute Gasteiger partial charge is 0.206 e. The molecule has 0 spiro atoms. The molecule has 2 rings (SSSR count). The molecule has 8 heteroatoms. The van der Waals surface area contributed by atoms with E-state index in [4.69, 9.17) is 17.3 Å². The van der Waals surface area contributed by atoms with E-state index in [1.807, 2.05) is 24.3 Å². The molecule has 0 bridgehead atoms. The van der Waals surface area contributed by atoms with Crippen molar-refractivity contribution in [3.63, 3.8) is 0 Å². The zero-order valence-electron chi connectivity index (χ0n) is 11.0. The van der Waals surface area contributed by atoms with Gasteiger partial charge in [0.25, 0.3) is 0 Å². The van der Waals surface area contributed by atoms with Gasteiger partial charge in [-0.15, -0.1) is 24.8 Å². The number of nitrogens with two attached hydrogens (primary N) is 1. The molecule has 3 N–H and O–H groups in total. The summed E-state index contributed by atoms with van der Waals surface area (Å²) in [7, 11) is 0. The quantitative estimate of drug-likeness (QED) is 0.850. The molecule has 0 saturated heterocycles. The van der Waals surface area contributed by atoms with Gasteiger partial charge in [-0.05, 0) is 17.7 Å². The summed E-state index contributed by atoms with van der Waals surface area (Å²) in [5.74, 6) is 0.604. The van der Waals surface area contributed by atoms with E-state index in [-0.39, 0.29) is 29.9 Å². The third kappa shape index (κ3) is 6.72. The molecule has 4 nitrogen and oxygen atoms in total. The average Bonchev–Trinajstić information content (AvgIpc) is 2.90. The molecule has 1 atom stereocenters. The molecule has 0 unspecified atom stereocenters. The number of aromatic amines is 1. The first-order valence-corrected chi connectivity index (χ1v) is 7.15. The Balaban J connectivity index is 0.00000200. The van der Waals surface area contributed by atoms with E-state index in [2.05, 4.69) is 9.97 Å². The predicted octanol–water partition coefficient (Wildman–Crippen LogP) is 3.24. The van der Waals surface area contributed by atoms with Crippen LogP contribution in [0.25, 0.3) is 0 Å². The van der Waals surface area contributed by atoms with Crippen molar-refractivity contribution in [2.45, 2.75) is 18.2 Å². The van der Waals surface area contributed by atoms with E-state index >= 15 is 0 Å². The maximum Gasteiger partial charge on any atom is 0.206 e. The molecule has 0 aliphatic carbocycles. The maximum absolute atomic E-state index is 11.9. The molecule has 1 heterocycles. The minimum atomic E-state index is -0.516. The van der Waals surface area contributed by atoms with Crippen LogP contribution in [0, 0.1) is 0 Å². The lowest BCUT2D eigenvalue weighted by Crippen LogP contribution is -2.30. The average molecular weight is 369 g/mol. The number of carbonyl (C=O) groups is 1. The highest BCUT2D eigenvalue weighted by atomic mass is 35.5. The molecule has 1 aromatic heterocycles. The van der Waals surface area contributed by atoms with Gasteiger partial charge in [-0.25, -0.2) is 4.98 Å². The fraction of sp³-hybridized carbons (Fsp3) is 0.231. The Labute approximate surface area is 145 Å². The highest BCUT2D eigenvalue weighted by Crippen LogP contribution is 2.17. The van der Waals surface area contributed by atoms with Crippen LogP contribution in [0.5, 0.6) is 0 Å². The Kier molecular flexibility index (Phi) is 9.74. The summed E-state index contributed by atoms with van der Waals surface area (Å²) >= 11 is 7.03. The topological polar surface area (TPSA) is 71.8 Å². The van der Waals surface area contributed by atoms with Gasteiger partial charge in [-0.2, -0.15) is 0 Å². The Morgan fingerprint density at radius 1 is 1.33 bits per heavy atom. The summed E-state index contributed by atoms with van der Waals surface area (Å²) in [5, 5.41) is 0.667. The summed E-state index contributed by atoms with van der Waals surface area (Å²) in [6, 6.07) is 6.92. The van der Waals surface area contributed by atoms with Gasteiger partial charge in [0.1, 0.15) is 0 Å². The van der Waals surface area contributed by atoms with Crippen molar-refractivity contribution in [1.29, 1.82) is 0 Å². The van der Waals surface area contributed by atoms with Crippen LogP contribution in [0.1, 0.15) is 11.3 Å². The van der Waals surface area contributed by atoms with Gasteiger partial charge in [-0.3, -0.25) is 4.79 Å². The molecule has 0 saturated carbocycles. The predicted molar refractivity (Wildman–Crippen MR) is 92.5 cm³/mol. The fourth-order valence-electron chi connectivity index (χ4n) is 1.56. The normalized spacial score (nSPS) is 11.1. The van der Waals surface area contributed by atoms with Crippen LogP contribution in [0.3, 0.4) is 0 Å². The van der Waals surface area contributed by atoms with Crippen molar-refractivity contribution in [2.24, 2.45) is 5.73 Å². The summed E-state index contributed by atoms with van der Waals surface area (Å²) in [6.45, 7) is 0. The Hall–Kier alpha value is -0.720. The standard InChI is InChI=1S/C13H14ClN3OS.2ClH/c14-10-3-1-9(2-4-10)7-19-13(18)12(15)5-11-6-16-8-17-11;;/h1-4,6,8,12H,5,7,15H2,(H,16,17);2*1H/t12-;;/m0../s1. The first-order chi connectivity index (χ1) is 9.15. The number of nitrogens with one attached hydrogen (secondary N) is 1. The number of rotatable bonds is 5. The van der Waals surface area contributed by atoms with Crippen molar-refractivity contribution < 1.29 is 4.79 Å². The first kappa shape index (κ1) is 20.3. The van der Waals surface area contributed by atoms with E-state index in [1.54, 1.807) is 12.5 Å². The number of hydrogen-bond donors (Lipinski definition) is 2. The van der Waals surface area contributed by atoms with E-state index in [1.165, 1.54) is 11.8 Å². The number of imidazole rings is 1. The zero-order valence-corrected chi connectivity index (χ0v) is 14.2. The highest BCUT2D eigenvalue weighted by Gasteiger charge is 2.15. The zero-order chi connectivity index (χ0) is 13.7. The van der Waals surface area contributed by atoms with Crippen LogP contribution in [0.4, 0.5) is 0 Å². The van der Waals surface area contributed by atoms with Crippen LogP contribution in [0.15, 0.2) is 36.8 Å². The molecule has 0 amide bonds. The third-order valence-electron chi connectivity index (χ3n) is 2.59. The molecular weight excluding hydrogens is 353 g/mol. The number of benzene rings is 1. The SMILES string of the molecule is Cl.Cl.N[C@@H](Cc1cnc[nH]1)C(=O)SCc1ccc(Cl)cc1. The molecule has 0 aliphatic rings. The minimum Gasteiger partial charge on any atom is -0.348 e. The monoisotopic (exact) mass is 367 g/mol. The van der Waals surface area contributed by atoms with E-state index < -0.39 is 6.04 Å². The summed E-state index contributed by atoms with van der Waals surface area (Å²) in [5.41, 5.74) is 7.78. The van der Waals surface area contributed by atoms with E-state index in [0.717, 1.165) is 11.3 Å². The van der Waals surface area contributed by atoms with Crippen LogP contribution in [-0.4, -0.2) is 21.1 Å². The Bertz CT molecular complexity index is 534. The lowest BCUT2D eigenvalue weighted by molar-refractivity contribution is -0.112. The van der Waals surface area contributed by atoms with Crippen LogP contribution < -0.4 is 5.73 Å². The van der Waals surface area contributed by atoms with Gasteiger partial charge in [0, 0.05) is 29.1 Å². The van der Waals surface area contributed by atoms with Crippen molar-refractivity contribution in [1.82, 2.24) is 9.97 Å². The molecular formula is C13H16Cl3N3OS. The molecule has 116 valence electrons. The first-order valence-electron chi connectivity index (χ1n) is 5.79. The molecule has 0 radical (unpaired) electrons. The van der Waals surface area contributed by atoms with Crippen LogP contribution in [-0.2, 0) is 17.0 Å². The van der Waals surface area contributed by atoms with Crippen LogP contribution >= 0.6 is 48.2 Å². The second kappa shape index (κ2) is 10.1. The minimum absolute atomic E-state index is 0. The van der Waals surface area contributed by atoms with Gasteiger partial charge in [0.05, 0.1) is 12.4 Å². The summed E-state index contributed by atoms with van der Waals surface area (Å²) < 4.78 is 0. The second-order valence-corrected chi connectivity index (χ2v) is 5.54. The van der Waals surface area contributed by atoms with Gasteiger partial charge >= 0.3 is 0 Å². The lowest BCUT2D eigenvalue weighted by Gasteiger charge is -2.08. The Morgan fingerprint density at radius 3 is 2.57 bits per heavy atom. The summed E-state index contributed by atoms with van der Waals surface area (Å²) in [4.78, 5) is 18.7. The number of carbonyl (C=O) groups excluding carboxylic acids is 1. The largest absolute Gasteiger partial charge is 0.348 e. The number of halogens is 3. The van der Waals surface area contributed by atoms with E-state index in [0.29, 0.717) is 17.2 Å². The fourth-order valence-corrected chi connectivity index (χ4v) is 2.48. The van der Waals surface area contributed by atoms with Gasteiger partial charge in [0.2, 0.25) is 5.12 Å². The number of thioether (sulfide) groups is 1. The Morgan fingerprint density at radius 2 is 2.00 bits per heavy atom. The van der Waals surface area contributed by atoms with Crippen molar-refractivity contribution in [3.05, 3.63) is 53.1 Å². The number of hydrogen-bond acceptors (Lipinski definition) is 4.